The Bertz CT molecular complexity index is 813. The lowest BCUT2D eigenvalue weighted by molar-refractivity contribution is 0.104. The molecule has 0 amide bonds. The van der Waals surface area contributed by atoms with Gasteiger partial charge in [-0.2, -0.15) is 0 Å². The first-order chi connectivity index (χ1) is 10.1. The molecule has 0 bridgehead atoms. The molecule has 1 heterocycles. The number of ketones is 1. The van der Waals surface area contributed by atoms with E-state index < -0.39 is 0 Å². The highest BCUT2D eigenvalue weighted by atomic mass is 79.9. The molecule has 21 heavy (non-hydrogen) atoms. The van der Waals surface area contributed by atoms with E-state index in [1.54, 1.807) is 18.2 Å². The van der Waals surface area contributed by atoms with E-state index in [4.69, 9.17) is 4.42 Å². The van der Waals surface area contributed by atoms with E-state index in [1.165, 1.54) is 12.1 Å². The monoisotopic (exact) mass is 342 g/mol. The SMILES string of the molecule is O=C(C=Cc1cc2ccccc2o1)c1cc(Br)ccc1O. The predicted molar refractivity (Wildman–Crippen MR) is 85.4 cm³/mol. The molecule has 2 aromatic carbocycles. The first-order valence-electron chi connectivity index (χ1n) is 6.33. The molecule has 0 unspecified atom stereocenters. The molecule has 0 fully saturated rings. The summed E-state index contributed by atoms with van der Waals surface area (Å²) >= 11 is 3.28. The van der Waals surface area contributed by atoms with Gasteiger partial charge in [-0.05, 0) is 42.5 Å². The molecule has 0 saturated heterocycles. The van der Waals surface area contributed by atoms with Gasteiger partial charge in [-0.25, -0.2) is 0 Å². The first kappa shape index (κ1) is 13.6. The van der Waals surface area contributed by atoms with E-state index in [0.29, 0.717) is 5.76 Å². The van der Waals surface area contributed by atoms with Gasteiger partial charge in [0.1, 0.15) is 17.1 Å². The van der Waals surface area contributed by atoms with Crippen molar-refractivity contribution in [2.75, 3.05) is 0 Å². The van der Waals surface area contributed by atoms with Crippen LogP contribution in [0.1, 0.15) is 16.1 Å². The second kappa shape index (κ2) is 5.58. The molecule has 3 nitrogen and oxygen atoms in total. The van der Waals surface area contributed by atoms with Crippen molar-refractivity contribution < 1.29 is 14.3 Å². The molecule has 1 N–H and O–H groups in total. The number of allylic oxidation sites excluding steroid dienone is 1. The molecule has 0 atom stereocenters. The smallest absolute Gasteiger partial charge is 0.189 e. The molecule has 0 aliphatic rings. The van der Waals surface area contributed by atoms with Crippen LogP contribution in [-0.4, -0.2) is 10.9 Å². The van der Waals surface area contributed by atoms with E-state index in [9.17, 15) is 9.90 Å². The summed E-state index contributed by atoms with van der Waals surface area (Å²) in [6, 6.07) is 14.2. The lowest BCUT2D eigenvalue weighted by Crippen LogP contribution is -1.94. The van der Waals surface area contributed by atoms with Gasteiger partial charge in [-0.1, -0.05) is 34.1 Å². The lowest BCUT2D eigenvalue weighted by atomic mass is 10.1. The number of carbonyl (C=O) groups excluding carboxylic acids is 1. The van der Waals surface area contributed by atoms with E-state index >= 15 is 0 Å². The van der Waals surface area contributed by atoms with Crippen LogP contribution in [0.5, 0.6) is 5.75 Å². The van der Waals surface area contributed by atoms with E-state index in [1.807, 2.05) is 30.3 Å². The minimum Gasteiger partial charge on any atom is -0.507 e. The molecule has 0 radical (unpaired) electrons. The van der Waals surface area contributed by atoms with Gasteiger partial charge in [0.25, 0.3) is 0 Å². The van der Waals surface area contributed by atoms with Crippen molar-refractivity contribution in [3.63, 3.8) is 0 Å². The molecule has 0 aliphatic heterocycles. The number of benzene rings is 2. The lowest BCUT2D eigenvalue weighted by Gasteiger charge is -2.00. The number of halogens is 1. The van der Waals surface area contributed by atoms with Gasteiger partial charge >= 0.3 is 0 Å². The molecule has 1 aromatic heterocycles. The van der Waals surface area contributed by atoms with Crippen molar-refractivity contribution in [1.29, 1.82) is 0 Å². The zero-order chi connectivity index (χ0) is 14.8. The number of carbonyl (C=O) groups is 1. The summed E-state index contributed by atoms with van der Waals surface area (Å²) < 4.78 is 6.33. The van der Waals surface area contributed by atoms with Crippen molar-refractivity contribution in [2.24, 2.45) is 0 Å². The fourth-order valence-corrected chi connectivity index (χ4v) is 2.40. The Morgan fingerprint density at radius 1 is 1.14 bits per heavy atom. The van der Waals surface area contributed by atoms with Crippen LogP contribution < -0.4 is 0 Å². The Labute approximate surface area is 129 Å². The molecule has 0 aliphatic carbocycles. The molecular weight excluding hydrogens is 332 g/mol. The topological polar surface area (TPSA) is 50.4 Å². The van der Waals surface area contributed by atoms with Crippen molar-refractivity contribution in [2.45, 2.75) is 0 Å². The van der Waals surface area contributed by atoms with Crippen molar-refractivity contribution in [1.82, 2.24) is 0 Å². The minimum absolute atomic E-state index is 0.0440. The Morgan fingerprint density at radius 3 is 2.76 bits per heavy atom. The van der Waals surface area contributed by atoms with Gasteiger partial charge in [0.15, 0.2) is 5.78 Å². The van der Waals surface area contributed by atoms with Gasteiger partial charge in [0.05, 0.1) is 5.56 Å². The summed E-state index contributed by atoms with van der Waals surface area (Å²) in [5.74, 6) is 0.269. The molecule has 4 heteroatoms. The predicted octanol–water partition coefficient (Wildman–Crippen LogP) is 4.80. The maximum absolute atomic E-state index is 12.1. The third-order valence-electron chi connectivity index (χ3n) is 3.07. The van der Waals surface area contributed by atoms with Crippen molar-refractivity contribution in [3.05, 3.63) is 70.4 Å². The van der Waals surface area contributed by atoms with Crippen LogP contribution in [0.3, 0.4) is 0 Å². The fraction of sp³-hybridized carbons (Fsp3) is 0. The zero-order valence-corrected chi connectivity index (χ0v) is 12.5. The van der Waals surface area contributed by atoms with Gasteiger partial charge in [-0.3, -0.25) is 4.79 Å². The number of aromatic hydroxyl groups is 1. The van der Waals surface area contributed by atoms with Gasteiger partial charge < -0.3 is 9.52 Å². The first-order valence-corrected chi connectivity index (χ1v) is 7.12. The second-order valence-corrected chi connectivity index (χ2v) is 5.46. The van der Waals surface area contributed by atoms with Crippen LogP contribution in [0.4, 0.5) is 0 Å². The Hall–Kier alpha value is -2.33. The van der Waals surface area contributed by atoms with Crippen LogP contribution in [0.15, 0.2) is 63.5 Å². The number of fused-ring (bicyclic) bond motifs is 1. The fourth-order valence-electron chi connectivity index (χ4n) is 2.04. The largest absolute Gasteiger partial charge is 0.507 e. The number of hydrogen-bond acceptors (Lipinski definition) is 3. The summed E-state index contributed by atoms with van der Waals surface area (Å²) in [5.41, 5.74) is 1.02. The normalized spacial score (nSPS) is 11.3. The van der Waals surface area contributed by atoms with Crippen LogP contribution in [0.25, 0.3) is 17.0 Å². The van der Waals surface area contributed by atoms with E-state index in [0.717, 1.165) is 15.4 Å². The number of para-hydroxylation sites is 1. The van der Waals surface area contributed by atoms with Crippen LogP contribution >= 0.6 is 15.9 Å². The van der Waals surface area contributed by atoms with Crippen LogP contribution in [0, 0.1) is 0 Å². The highest BCUT2D eigenvalue weighted by Crippen LogP contribution is 2.24. The summed E-state index contributed by atoms with van der Waals surface area (Å²) in [7, 11) is 0. The number of furan rings is 1. The molecule has 0 spiro atoms. The molecule has 3 rings (SSSR count). The van der Waals surface area contributed by atoms with E-state index in [2.05, 4.69) is 15.9 Å². The maximum atomic E-state index is 12.1. The molecular formula is C17H11BrO3. The second-order valence-electron chi connectivity index (χ2n) is 4.55. The highest BCUT2D eigenvalue weighted by Gasteiger charge is 2.09. The molecule has 0 saturated carbocycles. The van der Waals surface area contributed by atoms with E-state index in [-0.39, 0.29) is 17.1 Å². The number of phenols is 1. The van der Waals surface area contributed by atoms with Gasteiger partial charge in [-0.15, -0.1) is 0 Å². The zero-order valence-electron chi connectivity index (χ0n) is 10.9. The van der Waals surface area contributed by atoms with Crippen LogP contribution in [0.2, 0.25) is 0 Å². The summed E-state index contributed by atoms with van der Waals surface area (Å²) in [6.45, 7) is 0. The van der Waals surface area contributed by atoms with Crippen molar-refractivity contribution >= 4 is 38.8 Å². The van der Waals surface area contributed by atoms with Gasteiger partial charge in [0, 0.05) is 9.86 Å². The number of phenolic OH excluding ortho intramolecular Hbond substituents is 1. The average molecular weight is 343 g/mol. The average Bonchev–Trinajstić information content (AvgIpc) is 2.90. The standard InChI is InChI=1S/C17H11BrO3/c18-12-5-7-15(19)14(10-12)16(20)8-6-13-9-11-3-1-2-4-17(11)21-13/h1-10,19H. The Kier molecular flexibility index (Phi) is 3.62. The Balaban J connectivity index is 1.88. The van der Waals surface area contributed by atoms with Crippen molar-refractivity contribution in [3.8, 4) is 5.75 Å². The highest BCUT2D eigenvalue weighted by molar-refractivity contribution is 9.10. The third kappa shape index (κ3) is 2.90. The number of rotatable bonds is 3. The van der Waals surface area contributed by atoms with Crippen LogP contribution in [-0.2, 0) is 0 Å². The summed E-state index contributed by atoms with van der Waals surface area (Å²) in [6.07, 6.45) is 2.99. The Morgan fingerprint density at radius 2 is 1.95 bits per heavy atom. The minimum atomic E-state index is -0.283. The summed E-state index contributed by atoms with van der Waals surface area (Å²) in [4.78, 5) is 12.1. The molecule has 104 valence electrons. The third-order valence-corrected chi connectivity index (χ3v) is 3.56. The summed E-state index contributed by atoms with van der Waals surface area (Å²) in [5, 5.41) is 10.7. The molecule has 3 aromatic rings. The number of hydrogen-bond donors (Lipinski definition) is 1. The van der Waals surface area contributed by atoms with Gasteiger partial charge in [0.2, 0.25) is 0 Å². The quantitative estimate of drug-likeness (QED) is 0.549. The maximum Gasteiger partial charge on any atom is 0.189 e.